The summed E-state index contributed by atoms with van der Waals surface area (Å²) in [5, 5.41) is 3.36. The van der Waals surface area contributed by atoms with E-state index in [2.05, 4.69) is 26.2 Å². The minimum absolute atomic E-state index is 0.906. The molecule has 0 radical (unpaired) electrons. The number of nitrogens with one attached hydrogen (secondary N) is 1. The van der Waals surface area contributed by atoms with Gasteiger partial charge in [0.25, 0.3) is 0 Å². The molecule has 0 spiro atoms. The molecule has 2 heterocycles. The Morgan fingerprint density at radius 3 is 2.71 bits per heavy atom. The third kappa shape index (κ3) is 1.91. The molecular formula is C13H10BrN3. The Bertz CT molecular complexity index is 646. The van der Waals surface area contributed by atoms with E-state index >= 15 is 0 Å². The quantitative estimate of drug-likeness (QED) is 0.776. The third-order valence-electron chi connectivity index (χ3n) is 2.54. The largest absolute Gasteiger partial charge is 0.352 e. The molecule has 3 nitrogen and oxygen atoms in total. The van der Waals surface area contributed by atoms with Gasteiger partial charge in [0.05, 0.1) is 11.9 Å². The van der Waals surface area contributed by atoms with E-state index in [4.69, 9.17) is 0 Å². The maximum absolute atomic E-state index is 4.37. The van der Waals surface area contributed by atoms with Crippen LogP contribution in [-0.2, 0) is 0 Å². The Balaban J connectivity index is 2.06. The summed E-state index contributed by atoms with van der Waals surface area (Å²) in [5.41, 5.74) is 2.95. The predicted octanol–water partition coefficient (Wildman–Crippen LogP) is 3.84. The Morgan fingerprint density at radius 2 is 1.88 bits per heavy atom. The van der Waals surface area contributed by atoms with Gasteiger partial charge in [-0.05, 0) is 40.2 Å². The number of imidazole rings is 1. The van der Waals surface area contributed by atoms with E-state index in [0.29, 0.717) is 0 Å². The van der Waals surface area contributed by atoms with Crippen molar-refractivity contribution < 1.29 is 0 Å². The molecule has 3 rings (SSSR count). The monoisotopic (exact) mass is 287 g/mol. The number of hydrogen-bond acceptors (Lipinski definition) is 2. The smallest absolute Gasteiger partial charge is 0.161 e. The number of para-hydroxylation sites is 1. The lowest BCUT2D eigenvalue weighted by Gasteiger charge is -2.07. The molecule has 0 aliphatic carbocycles. The fraction of sp³-hybridized carbons (Fsp3) is 0. The lowest BCUT2D eigenvalue weighted by atomic mass is 10.3. The first-order valence-corrected chi connectivity index (χ1v) is 6.07. The number of benzene rings is 1. The zero-order chi connectivity index (χ0) is 11.7. The lowest BCUT2D eigenvalue weighted by molar-refractivity contribution is 1.15. The van der Waals surface area contributed by atoms with Crippen molar-refractivity contribution in [1.29, 1.82) is 0 Å². The highest BCUT2D eigenvalue weighted by Crippen LogP contribution is 2.23. The van der Waals surface area contributed by atoms with Gasteiger partial charge in [0.2, 0.25) is 0 Å². The molecule has 0 saturated heterocycles. The Morgan fingerprint density at radius 1 is 1.06 bits per heavy atom. The fourth-order valence-corrected chi connectivity index (χ4v) is 2.14. The highest BCUT2D eigenvalue weighted by atomic mass is 79.9. The number of anilines is 2. The van der Waals surface area contributed by atoms with Gasteiger partial charge in [0.1, 0.15) is 4.60 Å². The molecule has 2 aromatic heterocycles. The van der Waals surface area contributed by atoms with Crippen molar-refractivity contribution in [2.75, 3.05) is 5.32 Å². The van der Waals surface area contributed by atoms with E-state index in [1.807, 2.05) is 53.1 Å². The molecule has 0 bridgehead atoms. The van der Waals surface area contributed by atoms with Gasteiger partial charge in [0, 0.05) is 11.9 Å². The summed E-state index contributed by atoms with van der Waals surface area (Å²) in [7, 11) is 0. The average molecular weight is 288 g/mol. The number of halogens is 1. The normalized spacial score (nSPS) is 10.6. The summed E-state index contributed by atoms with van der Waals surface area (Å²) in [5.74, 6) is 0. The zero-order valence-electron chi connectivity index (χ0n) is 8.97. The van der Waals surface area contributed by atoms with Crippen LogP contribution < -0.4 is 5.32 Å². The van der Waals surface area contributed by atoms with Gasteiger partial charge in [-0.2, -0.15) is 0 Å². The molecule has 0 amide bonds. The molecule has 0 unspecified atom stereocenters. The number of pyridine rings is 1. The zero-order valence-corrected chi connectivity index (χ0v) is 10.6. The first-order chi connectivity index (χ1) is 8.34. The van der Waals surface area contributed by atoms with Gasteiger partial charge < -0.3 is 5.32 Å². The average Bonchev–Trinajstić information content (AvgIpc) is 2.74. The second kappa shape index (κ2) is 4.22. The Hall–Kier alpha value is -1.81. The van der Waals surface area contributed by atoms with Gasteiger partial charge >= 0.3 is 0 Å². The van der Waals surface area contributed by atoms with Gasteiger partial charge in [-0.15, -0.1) is 0 Å². The molecule has 0 fully saturated rings. The first kappa shape index (κ1) is 10.4. The minimum atomic E-state index is 0.906. The topological polar surface area (TPSA) is 29.3 Å². The van der Waals surface area contributed by atoms with Crippen molar-refractivity contribution in [3.8, 4) is 0 Å². The summed E-state index contributed by atoms with van der Waals surface area (Å²) >= 11 is 3.46. The van der Waals surface area contributed by atoms with Gasteiger partial charge in [-0.3, -0.25) is 4.40 Å². The summed E-state index contributed by atoms with van der Waals surface area (Å²) in [6, 6.07) is 14.1. The van der Waals surface area contributed by atoms with Crippen molar-refractivity contribution >= 4 is 33.0 Å². The molecule has 4 heteroatoms. The van der Waals surface area contributed by atoms with Crippen LogP contribution in [0.15, 0.2) is 59.5 Å². The van der Waals surface area contributed by atoms with Gasteiger partial charge in [-0.1, -0.05) is 18.2 Å². The molecule has 0 aliphatic heterocycles. The van der Waals surface area contributed by atoms with E-state index in [0.717, 1.165) is 21.6 Å². The van der Waals surface area contributed by atoms with E-state index < -0.39 is 0 Å². The SMILES string of the molecule is Brc1cnc2c(Nc3ccccc3)cccn12. The van der Waals surface area contributed by atoms with Crippen LogP contribution >= 0.6 is 15.9 Å². The number of nitrogens with zero attached hydrogens (tertiary/aromatic N) is 2. The van der Waals surface area contributed by atoms with E-state index in [-0.39, 0.29) is 0 Å². The summed E-state index contributed by atoms with van der Waals surface area (Å²) in [4.78, 5) is 4.37. The summed E-state index contributed by atoms with van der Waals surface area (Å²) in [6.45, 7) is 0. The van der Waals surface area contributed by atoms with E-state index in [1.165, 1.54) is 0 Å². The molecule has 17 heavy (non-hydrogen) atoms. The van der Waals surface area contributed by atoms with Crippen molar-refractivity contribution in [2.45, 2.75) is 0 Å². The molecular weight excluding hydrogens is 278 g/mol. The maximum Gasteiger partial charge on any atom is 0.161 e. The van der Waals surface area contributed by atoms with Crippen molar-refractivity contribution in [2.24, 2.45) is 0 Å². The lowest BCUT2D eigenvalue weighted by Crippen LogP contribution is -1.94. The van der Waals surface area contributed by atoms with Crippen LogP contribution in [0.3, 0.4) is 0 Å². The van der Waals surface area contributed by atoms with Gasteiger partial charge in [-0.25, -0.2) is 4.98 Å². The molecule has 84 valence electrons. The Labute approximate surface area is 107 Å². The third-order valence-corrected chi connectivity index (χ3v) is 3.13. The number of aromatic nitrogens is 2. The van der Waals surface area contributed by atoms with Crippen molar-refractivity contribution in [3.63, 3.8) is 0 Å². The van der Waals surface area contributed by atoms with Crippen LogP contribution in [0.2, 0.25) is 0 Å². The van der Waals surface area contributed by atoms with Gasteiger partial charge in [0.15, 0.2) is 5.65 Å². The standard InChI is InChI=1S/C13H10BrN3/c14-12-9-15-13-11(7-4-8-17(12)13)16-10-5-2-1-3-6-10/h1-9,16H. The molecule has 3 aromatic rings. The second-order valence-electron chi connectivity index (χ2n) is 3.69. The molecule has 0 saturated carbocycles. The van der Waals surface area contributed by atoms with E-state index in [9.17, 15) is 0 Å². The Kier molecular flexibility index (Phi) is 2.57. The number of hydrogen-bond donors (Lipinski definition) is 1. The molecule has 1 aromatic carbocycles. The fourth-order valence-electron chi connectivity index (χ4n) is 1.76. The molecule has 1 N–H and O–H groups in total. The highest BCUT2D eigenvalue weighted by molar-refractivity contribution is 9.10. The van der Waals surface area contributed by atoms with Crippen LogP contribution in [0.1, 0.15) is 0 Å². The number of rotatable bonds is 2. The van der Waals surface area contributed by atoms with Crippen LogP contribution in [0.5, 0.6) is 0 Å². The first-order valence-electron chi connectivity index (χ1n) is 5.28. The van der Waals surface area contributed by atoms with Crippen LogP contribution in [0.4, 0.5) is 11.4 Å². The van der Waals surface area contributed by atoms with E-state index in [1.54, 1.807) is 6.20 Å². The van der Waals surface area contributed by atoms with Crippen LogP contribution in [-0.4, -0.2) is 9.38 Å². The van der Waals surface area contributed by atoms with Crippen molar-refractivity contribution in [3.05, 3.63) is 59.5 Å². The molecule has 0 atom stereocenters. The van der Waals surface area contributed by atoms with Crippen molar-refractivity contribution in [1.82, 2.24) is 9.38 Å². The highest BCUT2D eigenvalue weighted by Gasteiger charge is 2.05. The second-order valence-corrected chi connectivity index (χ2v) is 4.50. The maximum atomic E-state index is 4.37. The molecule has 0 aliphatic rings. The number of fused-ring (bicyclic) bond motifs is 1. The predicted molar refractivity (Wildman–Crippen MR) is 72.6 cm³/mol. The minimum Gasteiger partial charge on any atom is -0.352 e. The van der Waals surface area contributed by atoms with Crippen LogP contribution in [0, 0.1) is 0 Å². The summed E-state index contributed by atoms with van der Waals surface area (Å²) in [6.07, 6.45) is 3.77. The summed E-state index contributed by atoms with van der Waals surface area (Å²) < 4.78 is 2.94. The van der Waals surface area contributed by atoms with Crippen LogP contribution in [0.25, 0.3) is 5.65 Å².